The highest BCUT2D eigenvalue weighted by molar-refractivity contribution is 5.54. The molecule has 0 heterocycles. The molecule has 0 bridgehead atoms. The van der Waals surface area contributed by atoms with Crippen molar-refractivity contribution in [3.8, 4) is 11.5 Å². The maximum Gasteiger partial charge on any atom is 0.160 e. The van der Waals surface area contributed by atoms with Gasteiger partial charge in [0.2, 0.25) is 0 Å². The SMILES string of the molecule is COc1ccc(NC2CCC(O)CC2)cc1O. The van der Waals surface area contributed by atoms with E-state index in [0.29, 0.717) is 11.8 Å². The molecule has 0 aliphatic heterocycles. The van der Waals surface area contributed by atoms with E-state index in [0.717, 1.165) is 31.4 Å². The second kappa shape index (κ2) is 5.27. The van der Waals surface area contributed by atoms with Crippen molar-refractivity contribution in [3.05, 3.63) is 18.2 Å². The molecular formula is C13H19NO3. The topological polar surface area (TPSA) is 61.7 Å². The highest BCUT2D eigenvalue weighted by Crippen LogP contribution is 2.30. The fourth-order valence-electron chi connectivity index (χ4n) is 2.24. The Morgan fingerprint density at radius 2 is 1.94 bits per heavy atom. The average molecular weight is 237 g/mol. The molecule has 0 amide bonds. The Labute approximate surface area is 101 Å². The van der Waals surface area contributed by atoms with Crippen LogP contribution in [0.5, 0.6) is 11.5 Å². The van der Waals surface area contributed by atoms with Crippen molar-refractivity contribution in [2.75, 3.05) is 12.4 Å². The third kappa shape index (κ3) is 3.03. The molecule has 1 fully saturated rings. The van der Waals surface area contributed by atoms with E-state index in [1.165, 1.54) is 7.11 Å². The lowest BCUT2D eigenvalue weighted by Gasteiger charge is -2.27. The Kier molecular flexibility index (Phi) is 3.74. The summed E-state index contributed by atoms with van der Waals surface area (Å²) in [6, 6.07) is 5.69. The van der Waals surface area contributed by atoms with Crippen LogP contribution in [0.15, 0.2) is 18.2 Å². The molecule has 4 nitrogen and oxygen atoms in total. The predicted molar refractivity (Wildman–Crippen MR) is 66.5 cm³/mol. The summed E-state index contributed by atoms with van der Waals surface area (Å²) in [5.41, 5.74) is 0.893. The van der Waals surface area contributed by atoms with Crippen LogP contribution in [0.4, 0.5) is 5.69 Å². The van der Waals surface area contributed by atoms with E-state index in [9.17, 15) is 10.2 Å². The number of rotatable bonds is 3. The molecular weight excluding hydrogens is 218 g/mol. The van der Waals surface area contributed by atoms with Crippen LogP contribution in [0.25, 0.3) is 0 Å². The van der Waals surface area contributed by atoms with Crippen molar-refractivity contribution >= 4 is 5.69 Å². The molecule has 0 saturated heterocycles. The molecule has 4 heteroatoms. The zero-order valence-corrected chi connectivity index (χ0v) is 10.0. The Bertz CT molecular complexity index is 373. The van der Waals surface area contributed by atoms with Gasteiger partial charge in [-0.05, 0) is 37.8 Å². The van der Waals surface area contributed by atoms with Crippen molar-refractivity contribution < 1.29 is 14.9 Å². The second-order valence-corrected chi connectivity index (χ2v) is 4.54. The van der Waals surface area contributed by atoms with Gasteiger partial charge in [-0.15, -0.1) is 0 Å². The Hall–Kier alpha value is -1.42. The summed E-state index contributed by atoms with van der Waals surface area (Å²) in [6.07, 6.45) is 3.49. The monoisotopic (exact) mass is 237 g/mol. The van der Waals surface area contributed by atoms with Crippen LogP contribution in [-0.2, 0) is 0 Å². The van der Waals surface area contributed by atoms with E-state index in [1.807, 2.05) is 6.07 Å². The maximum atomic E-state index is 9.66. The van der Waals surface area contributed by atoms with Gasteiger partial charge < -0.3 is 20.3 Å². The normalized spacial score (nSPS) is 24.4. The number of ether oxygens (including phenoxy) is 1. The smallest absolute Gasteiger partial charge is 0.160 e. The van der Waals surface area contributed by atoms with Crippen LogP contribution in [-0.4, -0.2) is 29.5 Å². The molecule has 2 rings (SSSR count). The number of nitrogens with one attached hydrogen (secondary N) is 1. The van der Waals surface area contributed by atoms with Crippen molar-refractivity contribution in [1.82, 2.24) is 0 Å². The van der Waals surface area contributed by atoms with E-state index in [1.54, 1.807) is 12.1 Å². The number of aliphatic hydroxyl groups is 1. The summed E-state index contributed by atoms with van der Waals surface area (Å²) in [5, 5.41) is 22.4. The molecule has 0 aromatic heterocycles. The number of aliphatic hydroxyl groups excluding tert-OH is 1. The van der Waals surface area contributed by atoms with Crippen LogP contribution in [0.1, 0.15) is 25.7 Å². The fraction of sp³-hybridized carbons (Fsp3) is 0.538. The second-order valence-electron chi connectivity index (χ2n) is 4.54. The van der Waals surface area contributed by atoms with Gasteiger partial charge in [0.05, 0.1) is 13.2 Å². The van der Waals surface area contributed by atoms with Crippen molar-refractivity contribution in [2.24, 2.45) is 0 Å². The number of methoxy groups -OCH3 is 1. The van der Waals surface area contributed by atoms with Crippen molar-refractivity contribution in [1.29, 1.82) is 0 Å². The quantitative estimate of drug-likeness (QED) is 0.753. The van der Waals surface area contributed by atoms with Crippen molar-refractivity contribution in [2.45, 2.75) is 37.8 Å². The largest absolute Gasteiger partial charge is 0.504 e. The van der Waals surface area contributed by atoms with Gasteiger partial charge in [0, 0.05) is 17.8 Å². The van der Waals surface area contributed by atoms with Crippen molar-refractivity contribution in [3.63, 3.8) is 0 Å². The minimum Gasteiger partial charge on any atom is -0.504 e. The molecule has 1 saturated carbocycles. The number of phenols is 1. The van der Waals surface area contributed by atoms with E-state index in [-0.39, 0.29) is 11.9 Å². The molecule has 1 aliphatic carbocycles. The molecule has 3 N–H and O–H groups in total. The lowest BCUT2D eigenvalue weighted by Crippen LogP contribution is -2.28. The lowest BCUT2D eigenvalue weighted by atomic mass is 9.93. The van der Waals surface area contributed by atoms with Gasteiger partial charge in [0.15, 0.2) is 11.5 Å². The number of hydrogen-bond acceptors (Lipinski definition) is 4. The summed E-state index contributed by atoms with van der Waals surface area (Å²) in [7, 11) is 1.53. The summed E-state index contributed by atoms with van der Waals surface area (Å²) in [4.78, 5) is 0. The highest BCUT2D eigenvalue weighted by atomic mass is 16.5. The number of anilines is 1. The van der Waals surface area contributed by atoms with E-state index >= 15 is 0 Å². The highest BCUT2D eigenvalue weighted by Gasteiger charge is 2.19. The first kappa shape index (κ1) is 12.0. The first-order chi connectivity index (χ1) is 8.19. The molecule has 1 aromatic carbocycles. The van der Waals surface area contributed by atoms with Gasteiger partial charge in [-0.2, -0.15) is 0 Å². The number of hydrogen-bond donors (Lipinski definition) is 3. The van der Waals surface area contributed by atoms with Gasteiger partial charge in [0.25, 0.3) is 0 Å². The summed E-state index contributed by atoms with van der Waals surface area (Å²) >= 11 is 0. The summed E-state index contributed by atoms with van der Waals surface area (Å²) in [6.45, 7) is 0. The zero-order chi connectivity index (χ0) is 12.3. The summed E-state index contributed by atoms with van der Waals surface area (Å²) in [5.74, 6) is 0.628. The maximum absolute atomic E-state index is 9.66. The summed E-state index contributed by atoms with van der Waals surface area (Å²) < 4.78 is 4.99. The van der Waals surface area contributed by atoms with E-state index < -0.39 is 0 Å². The molecule has 0 radical (unpaired) electrons. The van der Waals surface area contributed by atoms with Gasteiger partial charge in [-0.25, -0.2) is 0 Å². The fourth-order valence-corrected chi connectivity index (χ4v) is 2.24. The minimum absolute atomic E-state index is 0.141. The van der Waals surface area contributed by atoms with Crippen LogP contribution in [0.3, 0.4) is 0 Å². The molecule has 17 heavy (non-hydrogen) atoms. The Morgan fingerprint density at radius 1 is 1.24 bits per heavy atom. The van der Waals surface area contributed by atoms with Crippen LogP contribution >= 0.6 is 0 Å². The van der Waals surface area contributed by atoms with Gasteiger partial charge in [-0.3, -0.25) is 0 Å². The Balaban J connectivity index is 1.97. The van der Waals surface area contributed by atoms with E-state index in [2.05, 4.69) is 5.32 Å². The molecule has 0 spiro atoms. The number of benzene rings is 1. The first-order valence-corrected chi connectivity index (χ1v) is 6.00. The lowest BCUT2D eigenvalue weighted by molar-refractivity contribution is 0.126. The van der Waals surface area contributed by atoms with Crippen LogP contribution < -0.4 is 10.1 Å². The number of aromatic hydroxyl groups is 1. The average Bonchev–Trinajstić information content (AvgIpc) is 2.32. The van der Waals surface area contributed by atoms with Gasteiger partial charge in [-0.1, -0.05) is 0 Å². The Morgan fingerprint density at radius 3 is 2.53 bits per heavy atom. The molecule has 0 atom stereocenters. The molecule has 1 aromatic rings. The number of phenolic OH excluding ortho intramolecular Hbond substituents is 1. The third-order valence-corrected chi connectivity index (χ3v) is 3.25. The van der Waals surface area contributed by atoms with E-state index in [4.69, 9.17) is 4.74 Å². The third-order valence-electron chi connectivity index (χ3n) is 3.25. The molecule has 0 unspecified atom stereocenters. The molecule has 1 aliphatic rings. The van der Waals surface area contributed by atoms with Crippen LogP contribution in [0, 0.1) is 0 Å². The van der Waals surface area contributed by atoms with Gasteiger partial charge in [0.1, 0.15) is 0 Å². The molecule has 94 valence electrons. The van der Waals surface area contributed by atoms with Crippen LogP contribution in [0.2, 0.25) is 0 Å². The van der Waals surface area contributed by atoms with Gasteiger partial charge >= 0.3 is 0 Å². The minimum atomic E-state index is -0.141. The first-order valence-electron chi connectivity index (χ1n) is 6.00. The zero-order valence-electron chi connectivity index (χ0n) is 10.0. The standard InChI is InChI=1S/C13H19NO3/c1-17-13-7-4-10(8-12(13)16)14-9-2-5-11(15)6-3-9/h4,7-9,11,14-16H,2-3,5-6H2,1H3. The predicted octanol–water partition coefficient (Wildman–Crippen LogP) is 2.12.